The lowest BCUT2D eigenvalue weighted by molar-refractivity contribution is 0.669. The van der Waals surface area contributed by atoms with Crippen molar-refractivity contribution in [1.82, 2.24) is 15.0 Å². The maximum Gasteiger partial charge on any atom is 0.167 e. The number of para-hydroxylation sites is 1. The van der Waals surface area contributed by atoms with Crippen LogP contribution in [0.4, 0.5) is 0 Å². The number of fused-ring (bicyclic) bond motifs is 3. The van der Waals surface area contributed by atoms with E-state index in [1.165, 1.54) is 0 Å². The van der Waals surface area contributed by atoms with Crippen molar-refractivity contribution in [1.29, 1.82) is 0 Å². The maximum atomic E-state index is 8.51. The molecule has 8 aromatic rings. The number of hydrogen-bond acceptors (Lipinski definition) is 4. The van der Waals surface area contributed by atoms with Crippen LogP contribution in [0.2, 0.25) is 0 Å². The van der Waals surface area contributed by atoms with E-state index in [1.54, 1.807) is 42.5 Å². The van der Waals surface area contributed by atoms with E-state index in [0.29, 0.717) is 39.2 Å². The predicted octanol–water partition coefficient (Wildman–Crippen LogP) is 10.1. The van der Waals surface area contributed by atoms with Crippen molar-refractivity contribution < 1.29 is 18.1 Å². The summed E-state index contributed by atoms with van der Waals surface area (Å²) >= 11 is 0. The van der Waals surface area contributed by atoms with Gasteiger partial charge in [0, 0.05) is 21.9 Å². The first-order valence-electron chi connectivity index (χ1n) is 18.5. The fourth-order valence-electron chi connectivity index (χ4n) is 5.07. The Labute approximate surface area is 263 Å². The topological polar surface area (TPSA) is 51.8 Å². The third kappa shape index (κ3) is 4.65. The largest absolute Gasteiger partial charge is 0.455 e. The second-order valence-corrected chi connectivity index (χ2v) is 9.75. The van der Waals surface area contributed by atoms with Crippen LogP contribution in [0.1, 0.15) is 13.7 Å². The van der Waals surface area contributed by atoms with Crippen molar-refractivity contribution in [3.63, 3.8) is 0 Å². The highest BCUT2D eigenvalue weighted by Crippen LogP contribution is 2.37. The third-order valence-corrected chi connectivity index (χ3v) is 7.11. The molecule has 2 heterocycles. The van der Waals surface area contributed by atoms with Crippen molar-refractivity contribution in [3.8, 4) is 56.4 Å². The Morgan fingerprint density at radius 2 is 1.05 bits per heavy atom. The first kappa shape index (κ1) is 16.5. The third-order valence-electron chi connectivity index (χ3n) is 7.11. The van der Waals surface area contributed by atoms with Crippen LogP contribution in [0, 0.1) is 0 Å². The van der Waals surface area contributed by atoms with Gasteiger partial charge in [-0.25, -0.2) is 15.0 Å². The average Bonchev–Trinajstić information content (AvgIpc) is 3.56. The zero-order valence-electron chi connectivity index (χ0n) is 32.4. The number of aromatic nitrogens is 3. The summed E-state index contributed by atoms with van der Waals surface area (Å²) in [6.07, 6.45) is 0. The van der Waals surface area contributed by atoms with Gasteiger partial charge in [0.05, 0.1) is 19.3 Å². The van der Waals surface area contributed by atoms with Crippen LogP contribution in [0.3, 0.4) is 0 Å². The molecule has 0 N–H and O–H groups in total. The quantitative estimate of drug-likeness (QED) is 0.210. The van der Waals surface area contributed by atoms with Gasteiger partial charge in [0.1, 0.15) is 11.2 Å². The summed E-state index contributed by atoms with van der Waals surface area (Å²) in [6, 6.07) is 23.0. The molecule has 0 unspecified atom stereocenters. The van der Waals surface area contributed by atoms with Gasteiger partial charge < -0.3 is 4.42 Å². The summed E-state index contributed by atoms with van der Waals surface area (Å²) in [6.45, 7) is 0. The highest BCUT2D eigenvalue weighted by Gasteiger charge is 2.18. The second kappa shape index (κ2) is 10.5. The molecule has 0 aliphatic heterocycles. The molecule has 0 saturated carbocycles. The molecule has 0 amide bonds. The van der Waals surface area contributed by atoms with Gasteiger partial charge in [0.15, 0.2) is 17.5 Å². The number of rotatable bonds is 5. The fraction of sp³-hybridized carbons (Fsp3) is 0. The maximum absolute atomic E-state index is 8.51. The predicted molar refractivity (Wildman–Crippen MR) is 174 cm³/mol. The average molecular weight is 562 g/mol. The molecule has 0 radical (unpaired) electrons. The van der Waals surface area contributed by atoms with Crippen LogP contribution in [0.5, 0.6) is 0 Å². The molecule has 0 bridgehead atoms. The monoisotopic (exact) mass is 561 g/mol. The van der Waals surface area contributed by atoms with Crippen LogP contribution in [0.15, 0.2) is 156 Å². The lowest BCUT2D eigenvalue weighted by Gasteiger charge is -2.10. The minimum atomic E-state index is -0.473. The van der Waals surface area contributed by atoms with E-state index in [4.69, 9.17) is 33.1 Å². The molecule has 0 saturated heterocycles. The molecule has 0 aliphatic carbocycles. The summed E-state index contributed by atoms with van der Waals surface area (Å²) in [5.74, 6) is 0.938. The first-order valence-corrected chi connectivity index (χ1v) is 13.5. The zero-order valence-corrected chi connectivity index (χ0v) is 22.4. The van der Waals surface area contributed by atoms with Gasteiger partial charge >= 0.3 is 0 Å². The molecule has 4 nitrogen and oxygen atoms in total. The van der Waals surface area contributed by atoms with Crippen molar-refractivity contribution in [2.45, 2.75) is 0 Å². The highest BCUT2D eigenvalue weighted by atomic mass is 16.3. The summed E-state index contributed by atoms with van der Waals surface area (Å²) in [5, 5.41) is 1.48. The summed E-state index contributed by atoms with van der Waals surface area (Å²) in [4.78, 5) is 14.5. The number of furan rings is 1. The van der Waals surface area contributed by atoms with Crippen molar-refractivity contribution in [2.24, 2.45) is 0 Å². The van der Waals surface area contributed by atoms with E-state index < -0.39 is 36.3 Å². The summed E-state index contributed by atoms with van der Waals surface area (Å²) < 4.78 is 88.9. The van der Waals surface area contributed by atoms with Gasteiger partial charge in [0.2, 0.25) is 0 Å². The fourth-order valence-corrected chi connectivity index (χ4v) is 5.07. The van der Waals surface area contributed by atoms with E-state index in [2.05, 4.69) is 0 Å². The summed E-state index contributed by atoms with van der Waals surface area (Å²) in [7, 11) is 0. The van der Waals surface area contributed by atoms with Crippen LogP contribution in [-0.4, -0.2) is 15.0 Å². The Balaban J connectivity index is 1.31. The highest BCUT2D eigenvalue weighted by molar-refractivity contribution is 6.09. The smallest absolute Gasteiger partial charge is 0.167 e. The molecule has 2 aromatic heterocycles. The van der Waals surface area contributed by atoms with Gasteiger partial charge in [-0.05, 0) is 46.5 Å². The molecular formula is C39H25N3O. The minimum Gasteiger partial charge on any atom is -0.455 e. The van der Waals surface area contributed by atoms with Gasteiger partial charge in [-0.1, -0.05) is 127 Å². The van der Waals surface area contributed by atoms with Crippen LogP contribution in [0.25, 0.3) is 78.4 Å². The normalized spacial score (nSPS) is 14.5. The number of benzene rings is 6. The van der Waals surface area contributed by atoms with Crippen molar-refractivity contribution in [2.75, 3.05) is 0 Å². The van der Waals surface area contributed by atoms with E-state index in [1.807, 2.05) is 48.5 Å². The number of nitrogens with zero attached hydrogens (tertiary/aromatic N) is 3. The lowest BCUT2D eigenvalue weighted by atomic mass is 10.0. The van der Waals surface area contributed by atoms with Crippen LogP contribution >= 0.6 is 0 Å². The molecule has 0 fully saturated rings. The Bertz CT molecular complexity index is 2750. The van der Waals surface area contributed by atoms with E-state index in [-0.39, 0.29) is 46.9 Å². The van der Waals surface area contributed by atoms with Gasteiger partial charge in [0.25, 0.3) is 0 Å². The Morgan fingerprint density at radius 3 is 1.79 bits per heavy atom. The van der Waals surface area contributed by atoms with E-state index >= 15 is 0 Å². The number of hydrogen-bond donors (Lipinski definition) is 0. The van der Waals surface area contributed by atoms with Gasteiger partial charge in [-0.15, -0.1) is 0 Å². The molecule has 8 rings (SSSR count). The van der Waals surface area contributed by atoms with Crippen LogP contribution < -0.4 is 0 Å². The minimum absolute atomic E-state index is 0.0606. The van der Waals surface area contributed by atoms with Gasteiger partial charge in [-0.3, -0.25) is 0 Å². The Morgan fingerprint density at radius 1 is 0.442 bits per heavy atom. The molecule has 0 aliphatic rings. The molecule has 43 heavy (non-hydrogen) atoms. The van der Waals surface area contributed by atoms with Gasteiger partial charge in [-0.2, -0.15) is 0 Å². The Kier molecular flexibility index (Phi) is 4.04. The molecule has 0 spiro atoms. The molecular weight excluding hydrogens is 526 g/mol. The zero-order chi connectivity index (χ0) is 37.3. The molecule has 6 aromatic carbocycles. The first-order chi connectivity index (χ1) is 25.4. The van der Waals surface area contributed by atoms with Crippen molar-refractivity contribution >= 4 is 21.9 Å². The Hall–Kier alpha value is -5.87. The standard InChI is InChI=1S/C39H25N3O/c1-4-12-26(13-5-1)29-18-10-19-31(24-29)38-40-37(28-16-8-3-9-17-28)41-39(42-38)34-21-11-20-33-32-23-22-30(25-35(32)43-36(33)34)27-14-6-2-7-15-27/h1-25H/i1D,2D,4D,5D,6D,7D,12D,13D,14D,15D. The lowest BCUT2D eigenvalue weighted by Crippen LogP contribution is -2.00. The second-order valence-electron chi connectivity index (χ2n) is 9.75. The van der Waals surface area contributed by atoms with Crippen molar-refractivity contribution in [3.05, 3.63) is 151 Å². The van der Waals surface area contributed by atoms with Crippen LogP contribution in [-0.2, 0) is 0 Å². The molecule has 4 heteroatoms. The van der Waals surface area contributed by atoms with E-state index in [0.717, 1.165) is 16.3 Å². The summed E-state index contributed by atoms with van der Waals surface area (Å²) in [5.41, 5.74) is 3.62. The molecule has 0 atom stereocenters. The van der Waals surface area contributed by atoms with E-state index in [9.17, 15) is 0 Å². The SMILES string of the molecule is [2H]c1c([2H])c([2H])c(-c2cccc(-c3nc(-c4ccccc4)nc(-c4cccc5c4oc4cc(-c6c([2H])c([2H])c([2H])c([2H])c6[2H])ccc45)n3)c2)c([2H])c1[2H]. The molecule has 202 valence electrons.